The Bertz CT molecular complexity index is 863. The van der Waals surface area contributed by atoms with Gasteiger partial charge in [0.2, 0.25) is 5.91 Å². The zero-order chi connectivity index (χ0) is 20.1. The van der Waals surface area contributed by atoms with Crippen LogP contribution in [-0.4, -0.2) is 18.4 Å². The molecule has 0 aliphatic carbocycles. The summed E-state index contributed by atoms with van der Waals surface area (Å²) >= 11 is 0. The standard InChI is InChI=1S/C23H28N2O3/c1-4-5-8-14-28-20-13-7-6-11-18(20)15-25-22-16(2)10-9-12-19(22)21(23(25)27)24-17(3)26/h6-7,9-13,21H,4-5,8,14-15H2,1-3H3,(H,24,26). The molecule has 1 aliphatic rings. The van der Waals surface area contributed by atoms with E-state index in [1.54, 1.807) is 4.90 Å². The van der Waals surface area contributed by atoms with Crippen LogP contribution in [0.2, 0.25) is 0 Å². The number of rotatable bonds is 8. The van der Waals surface area contributed by atoms with Gasteiger partial charge in [0.1, 0.15) is 11.8 Å². The Balaban J connectivity index is 1.87. The van der Waals surface area contributed by atoms with Crippen molar-refractivity contribution >= 4 is 17.5 Å². The highest BCUT2D eigenvalue weighted by molar-refractivity contribution is 6.06. The number of unbranched alkanes of at least 4 members (excludes halogenated alkanes) is 2. The van der Waals surface area contributed by atoms with Gasteiger partial charge in [0, 0.05) is 18.1 Å². The van der Waals surface area contributed by atoms with Crippen LogP contribution >= 0.6 is 0 Å². The molecule has 0 fully saturated rings. The van der Waals surface area contributed by atoms with Crippen molar-refractivity contribution < 1.29 is 14.3 Å². The molecule has 148 valence electrons. The molecule has 2 aromatic rings. The van der Waals surface area contributed by atoms with Crippen molar-refractivity contribution in [1.29, 1.82) is 0 Å². The van der Waals surface area contributed by atoms with Gasteiger partial charge in [0.25, 0.3) is 5.91 Å². The molecule has 1 heterocycles. The summed E-state index contributed by atoms with van der Waals surface area (Å²) in [6, 6.07) is 13.0. The molecule has 1 N–H and O–H groups in total. The topological polar surface area (TPSA) is 58.6 Å². The second-order valence-corrected chi connectivity index (χ2v) is 7.23. The van der Waals surface area contributed by atoms with Gasteiger partial charge in [-0.05, 0) is 25.0 Å². The van der Waals surface area contributed by atoms with Crippen LogP contribution in [0.15, 0.2) is 42.5 Å². The molecule has 0 aromatic heterocycles. The Kier molecular flexibility index (Phi) is 6.34. The third-order valence-electron chi connectivity index (χ3n) is 5.02. The van der Waals surface area contributed by atoms with Crippen LogP contribution in [-0.2, 0) is 16.1 Å². The van der Waals surface area contributed by atoms with Crippen LogP contribution in [0.25, 0.3) is 0 Å². The number of benzene rings is 2. The lowest BCUT2D eigenvalue weighted by molar-refractivity contribution is -0.126. The van der Waals surface area contributed by atoms with Crippen molar-refractivity contribution in [1.82, 2.24) is 5.32 Å². The minimum absolute atomic E-state index is 0.111. The molecule has 5 heteroatoms. The normalized spacial score (nSPS) is 15.5. The molecule has 0 radical (unpaired) electrons. The predicted octanol–water partition coefficient (Wildman–Crippen LogP) is 4.29. The number of amides is 2. The van der Waals surface area contributed by atoms with Gasteiger partial charge in [-0.3, -0.25) is 9.59 Å². The molecule has 28 heavy (non-hydrogen) atoms. The zero-order valence-electron chi connectivity index (χ0n) is 16.8. The molecular weight excluding hydrogens is 352 g/mol. The maximum absolute atomic E-state index is 13.1. The number of nitrogens with one attached hydrogen (secondary N) is 1. The third kappa shape index (κ3) is 4.19. The minimum atomic E-state index is -0.634. The zero-order valence-corrected chi connectivity index (χ0v) is 16.8. The number of fused-ring (bicyclic) bond motifs is 1. The van der Waals surface area contributed by atoms with Crippen molar-refractivity contribution in [3.63, 3.8) is 0 Å². The molecule has 5 nitrogen and oxygen atoms in total. The van der Waals surface area contributed by atoms with E-state index in [2.05, 4.69) is 12.2 Å². The van der Waals surface area contributed by atoms with E-state index >= 15 is 0 Å². The van der Waals surface area contributed by atoms with Crippen molar-refractivity contribution in [2.75, 3.05) is 11.5 Å². The number of carbonyl (C=O) groups excluding carboxylic acids is 2. The summed E-state index contributed by atoms with van der Waals surface area (Å²) < 4.78 is 5.99. The first-order chi connectivity index (χ1) is 13.5. The molecule has 0 saturated heterocycles. The monoisotopic (exact) mass is 380 g/mol. The van der Waals surface area contributed by atoms with Gasteiger partial charge in [0.15, 0.2) is 0 Å². The second-order valence-electron chi connectivity index (χ2n) is 7.23. The van der Waals surface area contributed by atoms with Crippen LogP contribution in [0.4, 0.5) is 5.69 Å². The summed E-state index contributed by atoms with van der Waals surface area (Å²) in [7, 11) is 0. The number of aryl methyl sites for hydroxylation is 1. The Morgan fingerprint density at radius 1 is 1.14 bits per heavy atom. The van der Waals surface area contributed by atoms with Gasteiger partial charge in [0.05, 0.1) is 18.8 Å². The molecule has 3 rings (SSSR count). The van der Waals surface area contributed by atoms with Crippen molar-refractivity contribution in [2.24, 2.45) is 0 Å². The Morgan fingerprint density at radius 3 is 2.68 bits per heavy atom. The fourth-order valence-corrected chi connectivity index (χ4v) is 3.66. The first-order valence-corrected chi connectivity index (χ1v) is 9.91. The summed E-state index contributed by atoms with van der Waals surface area (Å²) in [5.41, 5.74) is 3.71. The van der Waals surface area contributed by atoms with Gasteiger partial charge in [-0.1, -0.05) is 56.2 Å². The Morgan fingerprint density at radius 2 is 1.93 bits per heavy atom. The molecule has 1 unspecified atom stereocenters. The minimum Gasteiger partial charge on any atom is -0.493 e. The van der Waals surface area contributed by atoms with E-state index in [-0.39, 0.29) is 11.8 Å². The number of hydrogen-bond acceptors (Lipinski definition) is 3. The van der Waals surface area contributed by atoms with Gasteiger partial charge in [-0.15, -0.1) is 0 Å². The maximum Gasteiger partial charge on any atom is 0.254 e. The summed E-state index contributed by atoms with van der Waals surface area (Å²) in [5, 5.41) is 2.79. The van der Waals surface area contributed by atoms with Crippen LogP contribution in [0.1, 0.15) is 55.8 Å². The summed E-state index contributed by atoms with van der Waals surface area (Å²) in [6.45, 7) is 6.67. The molecule has 0 saturated carbocycles. The molecule has 1 atom stereocenters. The van der Waals surface area contributed by atoms with Gasteiger partial charge in [-0.25, -0.2) is 0 Å². The number of anilines is 1. The quantitative estimate of drug-likeness (QED) is 0.695. The van der Waals surface area contributed by atoms with Gasteiger partial charge >= 0.3 is 0 Å². The number of hydrogen-bond donors (Lipinski definition) is 1. The van der Waals surface area contributed by atoms with Crippen molar-refractivity contribution in [3.05, 3.63) is 59.2 Å². The first-order valence-electron chi connectivity index (χ1n) is 9.91. The fraction of sp³-hybridized carbons (Fsp3) is 0.391. The van der Waals surface area contributed by atoms with Crippen LogP contribution in [0, 0.1) is 6.92 Å². The van der Waals surface area contributed by atoms with E-state index in [4.69, 9.17) is 4.74 Å². The average Bonchev–Trinajstić information content (AvgIpc) is 2.93. The third-order valence-corrected chi connectivity index (χ3v) is 5.02. The molecule has 0 spiro atoms. The number of nitrogens with zero attached hydrogens (tertiary/aromatic N) is 1. The van der Waals surface area contributed by atoms with E-state index in [9.17, 15) is 9.59 Å². The van der Waals surface area contributed by atoms with E-state index in [0.717, 1.165) is 47.4 Å². The highest BCUT2D eigenvalue weighted by atomic mass is 16.5. The molecule has 1 aliphatic heterocycles. The molecular formula is C23H28N2O3. The van der Waals surface area contributed by atoms with Crippen LogP contribution in [0.3, 0.4) is 0 Å². The summed E-state index contributed by atoms with van der Waals surface area (Å²) in [5.74, 6) is 0.483. The number of para-hydroxylation sites is 2. The van der Waals surface area contributed by atoms with Crippen molar-refractivity contribution in [3.8, 4) is 5.75 Å². The highest BCUT2D eigenvalue weighted by Crippen LogP contribution is 2.40. The lowest BCUT2D eigenvalue weighted by Gasteiger charge is -2.21. The number of carbonyl (C=O) groups is 2. The highest BCUT2D eigenvalue weighted by Gasteiger charge is 2.38. The average molecular weight is 380 g/mol. The lowest BCUT2D eigenvalue weighted by Crippen LogP contribution is -2.36. The molecule has 2 aromatic carbocycles. The van der Waals surface area contributed by atoms with E-state index in [1.807, 2.05) is 49.4 Å². The van der Waals surface area contributed by atoms with E-state index < -0.39 is 6.04 Å². The van der Waals surface area contributed by atoms with E-state index in [0.29, 0.717) is 13.2 Å². The Labute approximate surface area is 166 Å². The largest absolute Gasteiger partial charge is 0.493 e. The van der Waals surface area contributed by atoms with E-state index in [1.165, 1.54) is 6.92 Å². The van der Waals surface area contributed by atoms with Crippen molar-refractivity contribution in [2.45, 2.75) is 52.6 Å². The smallest absolute Gasteiger partial charge is 0.254 e. The molecule has 2 amide bonds. The maximum atomic E-state index is 13.1. The van der Waals surface area contributed by atoms with Crippen LogP contribution in [0.5, 0.6) is 5.75 Å². The predicted molar refractivity (Wildman–Crippen MR) is 110 cm³/mol. The van der Waals surface area contributed by atoms with Crippen LogP contribution < -0.4 is 15.0 Å². The fourth-order valence-electron chi connectivity index (χ4n) is 3.66. The SMILES string of the molecule is CCCCCOc1ccccc1CN1C(=O)C(NC(C)=O)c2cccc(C)c21. The van der Waals surface area contributed by atoms with Gasteiger partial charge in [-0.2, -0.15) is 0 Å². The lowest BCUT2D eigenvalue weighted by atomic mass is 10.0. The first kappa shape index (κ1) is 19.9. The second kappa shape index (κ2) is 8.91. The molecule has 0 bridgehead atoms. The summed E-state index contributed by atoms with van der Waals surface area (Å²) in [4.78, 5) is 26.5. The Hall–Kier alpha value is -2.82. The van der Waals surface area contributed by atoms with Gasteiger partial charge < -0.3 is 15.0 Å². The summed E-state index contributed by atoms with van der Waals surface area (Å²) in [6.07, 6.45) is 3.30. The number of ether oxygens (including phenoxy) is 1.